The molecule has 1 rings (SSSR count). The van der Waals surface area contributed by atoms with Gasteiger partial charge in [0.2, 0.25) is 0 Å². The number of halogens is 7. The molecule has 0 saturated carbocycles. The lowest BCUT2D eigenvalue weighted by Crippen LogP contribution is -2.15. The topological polar surface area (TPSA) is 9.23 Å². The van der Waals surface area contributed by atoms with E-state index in [1.807, 2.05) is 6.92 Å². The van der Waals surface area contributed by atoms with Gasteiger partial charge in [-0.2, -0.15) is 26.3 Å². The molecule has 0 saturated heterocycles. The molecule has 0 radical (unpaired) electrons. The summed E-state index contributed by atoms with van der Waals surface area (Å²) in [5.74, 6) is -0.426. The number of hydrogen-bond acceptors (Lipinski definition) is 1. The third-order valence-corrected chi connectivity index (χ3v) is 3.76. The highest BCUT2D eigenvalue weighted by atomic mass is 79.9. The van der Waals surface area contributed by atoms with Gasteiger partial charge in [0.05, 0.1) is 17.7 Å². The zero-order chi connectivity index (χ0) is 16.3. The molecule has 0 spiro atoms. The first-order chi connectivity index (χ1) is 9.57. The van der Waals surface area contributed by atoms with Gasteiger partial charge in [0.15, 0.2) is 0 Å². The first kappa shape index (κ1) is 18.1. The molecule has 1 unspecified atom stereocenters. The first-order valence-corrected chi connectivity index (χ1v) is 7.18. The third kappa shape index (κ3) is 5.41. The van der Waals surface area contributed by atoms with Crippen molar-refractivity contribution in [3.8, 4) is 5.75 Å². The second-order valence-electron chi connectivity index (χ2n) is 4.48. The van der Waals surface area contributed by atoms with Crippen molar-refractivity contribution in [3.05, 3.63) is 29.3 Å². The van der Waals surface area contributed by atoms with Crippen LogP contribution in [0.1, 0.15) is 24.5 Å². The summed E-state index contributed by atoms with van der Waals surface area (Å²) in [4.78, 5) is 0. The molecule has 0 aliphatic carbocycles. The minimum Gasteiger partial charge on any atom is -0.493 e. The Morgan fingerprint density at radius 2 is 1.48 bits per heavy atom. The minimum atomic E-state index is -4.86. The summed E-state index contributed by atoms with van der Waals surface area (Å²) in [6.07, 6.45) is -9.03. The van der Waals surface area contributed by atoms with E-state index in [0.29, 0.717) is 23.9 Å². The number of hydrogen-bond donors (Lipinski definition) is 0. The molecule has 8 heteroatoms. The van der Waals surface area contributed by atoms with Gasteiger partial charge in [-0.3, -0.25) is 0 Å². The molecule has 0 N–H and O–H groups in total. The highest BCUT2D eigenvalue weighted by molar-refractivity contribution is 9.09. The zero-order valence-electron chi connectivity index (χ0n) is 11.0. The number of ether oxygens (including phenoxy) is 1. The Hall–Kier alpha value is -0.920. The summed E-state index contributed by atoms with van der Waals surface area (Å²) >= 11 is 3.20. The van der Waals surface area contributed by atoms with E-state index in [1.54, 1.807) is 0 Å². The van der Waals surface area contributed by atoms with Crippen LogP contribution in [0.2, 0.25) is 0 Å². The normalized spacial score (nSPS) is 14.1. The van der Waals surface area contributed by atoms with Crippen LogP contribution in [0.3, 0.4) is 0 Å². The van der Waals surface area contributed by atoms with Gasteiger partial charge in [-0.1, -0.05) is 22.9 Å². The zero-order valence-corrected chi connectivity index (χ0v) is 12.6. The van der Waals surface area contributed by atoms with E-state index in [2.05, 4.69) is 15.9 Å². The van der Waals surface area contributed by atoms with Gasteiger partial charge in [-0.25, -0.2) is 0 Å². The van der Waals surface area contributed by atoms with E-state index >= 15 is 0 Å². The molecular formula is C13H13BrF6O. The summed E-state index contributed by atoms with van der Waals surface area (Å²) in [6, 6.07) is 1.24. The average Bonchev–Trinajstić information content (AvgIpc) is 2.37. The van der Waals surface area contributed by atoms with Crippen LogP contribution in [-0.2, 0) is 12.4 Å². The Morgan fingerprint density at radius 3 is 1.81 bits per heavy atom. The number of alkyl halides is 7. The van der Waals surface area contributed by atoms with Gasteiger partial charge in [0.1, 0.15) is 5.75 Å². The van der Waals surface area contributed by atoms with Crippen molar-refractivity contribution in [1.29, 1.82) is 0 Å². The smallest absolute Gasteiger partial charge is 0.416 e. The summed E-state index contributed by atoms with van der Waals surface area (Å²) in [7, 11) is 0. The largest absolute Gasteiger partial charge is 0.493 e. The van der Waals surface area contributed by atoms with Crippen LogP contribution in [0.4, 0.5) is 26.3 Å². The maximum absolute atomic E-state index is 12.6. The summed E-state index contributed by atoms with van der Waals surface area (Å²) in [5.41, 5.74) is -2.75. The molecular weight excluding hydrogens is 366 g/mol. The highest BCUT2D eigenvalue weighted by Gasteiger charge is 2.37. The molecule has 0 heterocycles. The van der Waals surface area contributed by atoms with Gasteiger partial charge >= 0.3 is 12.4 Å². The Kier molecular flexibility index (Phi) is 5.95. The van der Waals surface area contributed by atoms with Crippen LogP contribution in [-0.4, -0.2) is 11.9 Å². The van der Waals surface area contributed by atoms with Crippen LogP contribution >= 0.6 is 15.9 Å². The predicted octanol–water partition coefficient (Wildman–Crippen LogP) is 5.52. The van der Waals surface area contributed by atoms with E-state index in [0.717, 1.165) is 0 Å². The van der Waals surface area contributed by atoms with E-state index in [-0.39, 0.29) is 18.6 Å². The fourth-order valence-corrected chi connectivity index (χ4v) is 2.14. The van der Waals surface area contributed by atoms with E-state index in [9.17, 15) is 26.3 Å². The molecule has 21 heavy (non-hydrogen) atoms. The molecule has 1 aromatic carbocycles. The van der Waals surface area contributed by atoms with Crippen molar-refractivity contribution in [2.45, 2.75) is 25.7 Å². The fraction of sp³-hybridized carbons (Fsp3) is 0.538. The SMILES string of the molecule is CCC(CBr)COc1cc(C(F)(F)F)cc(C(F)(F)F)c1. The van der Waals surface area contributed by atoms with Crippen LogP contribution < -0.4 is 4.74 Å². The van der Waals surface area contributed by atoms with Crippen LogP contribution in [0.25, 0.3) is 0 Å². The molecule has 1 nitrogen and oxygen atoms in total. The van der Waals surface area contributed by atoms with Gasteiger partial charge in [-0.15, -0.1) is 0 Å². The van der Waals surface area contributed by atoms with E-state index in [1.165, 1.54) is 0 Å². The molecule has 0 aliphatic heterocycles. The lowest BCUT2D eigenvalue weighted by molar-refractivity contribution is -0.143. The van der Waals surface area contributed by atoms with Crippen molar-refractivity contribution >= 4 is 15.9 Å². The second-order valence-corrected chi connectivity index (χ2v) is 5.13. The Labute approximate surface area is 126 Å². The Bertz CT molecular complexity index is 432. The van der Waals surface area contributed by atoms with E-state index in [4.69, 9.17) is 4.74 Å². The molecule has 0 amide bonds. The summed E-state index contributed by atoms with van der Waals surface area (Å²) in [5, 5.41) is 0.550. The monoisotopic (exact) mass is 378 g/mol. The molecule has 1 aromatic rings. The molecule has 0 bridgehead atoms. The van der Waals surface area contributed by atoms with Gasteiger partial charge < -0.3 is 4.74 Å². The minimum absolute atomic E-state index is 0.00822. The standard InChI is InChI=1S/C13H13BrF6O/c1-2-8(6-14)7-21-11-4-9(12(15,16)17)3-10(5-11)13(18,19)20/h3-5,8H,2,6-7H2,1H3. The molecule has 0 aliphatic rings. The maximum atomic E-state index is 12.6. The quantitative estimate of drug-likeness (QED) is 0.483. The maximum Gasteiger partial charge on any atom is 0.416 e. The van der Waals surface area contributed by atoms with E-state index < -0.39 is 29.2 Å². The van der Waals surface area contributed by atoms with Gasteiger partial charge in [-0.05, 0) is 24.6 Å². The van der Waals surface area contributed by atoms with Crippen LogP contribution in [0.5, 0.6) is 5.75 Å². The second kappa shape index (κ2) is 6.89. The summed E-state index contributed by atoms with van der Waals surface area (Å²) in [6.45, 7) is 1.89. The number of rotatable bonds is 5. The number of benzene rings is 1. The molecule has 0 aromatic heterocycles. The van der Waals surface area contributed by atoms with Crippen molar-refractivity contribution in [2.24, 2.45) is 5.92 Å². The Morgan fingerprint density at radius 1 is 1.00 bits per heavy atom. The molecule has 0 fully saturated rings. The molecule has 120 valence electrons. The third-order valence-electron chi connectivity index (χ3n) is 2.84. The van der Waals surface area contributed by atoms with Crippen molar-refractivity contribution < 1.29 is 31.1 Å². The predicted molar refractivity (Wildman–Crippen MR) is 69.5 cm³/mol. The Balaban J connectivity index is 3.08. The highest BCUT2D eigenvalue weighted by Crippen LogP contribution is 2.38. The van der Waals surface area contributed by atoms with Crippen molar-refractivity contribution in [1.82, 2.24) is 0 Å². The van der Waals surface area contributed by atoms with Crippen LogP contribution in [0.15, 0.2) is 18.2 Å². The lowest BCUT2D eigenvalue weighted by atomic mass is 10.1. The van der Waals surface area contributed by atoms with Gasteiger partial charge in [0, 0.05) is 11.2 Å². The first-order valence-electron chi connectivity index (χ1n) is 6.06. The van der Waals surface area contributed by atoms with Crippen molar-refractivity contribution in [2.75, 3.05) is 11.9 Å². The fourth-order valence-electron chi connectivity index (χ4n) is 1.50. The molecule has 1 atom stereocenters. The van der Waals surface area contributed by atoms with Crippen LogP contribution in [0, 0.1) is 5.92 Å². The van der Waals surface area contributed by atoms with Crippen molar-refractivity contribution in [3.63, 3.8) is 0 Å². The average molecular weight is 379 g/mol. The van der Waals surface area contributed by atoms with Gasteiger partial charge in [0.25, 0.3) is 0 Å². The summed E-state index contributed by atoms with van der Waals surface area (Å²) < 4.78 is 80.9. The lowest BCUT2D eigenvalue weighted by Gasteiger charge is -2.17.